The Bertz CT molecular complexity index is 894. The van der Waals surface area contributed by atoms with Gasteiger partial charge in [-0.2, -0.15) is 0 Å². The van der Waals surface area contributed by atoms with E-state index in [4.69, 9.17) is 12.2 Å². The third-order valence-electron chi connectivity index (χ3n) is 3.61. The minimum absolute atomic E-state index is 0.179. The molecule has 24 heavy (non-hydrogen) atoms. The van der Waals surface area contributed by atoms with Crippen molar-refractivity contribution in [2.24, 2.45) is 0 Å². The van der Waals surface area contributed by atoms with Gasteiger partial charge in [-0.15, -0.1) is 0 Å². The third kappa shape index (κ3) is 3.70. The monoisotopic (exact) mass is 336 g/mol. The zero-order chi connectivity index (χ0) is 16.9. The third-order valence-corrected chi connectivity index (χ3v) is 3.81. The number of hydrogen-bond acceptors (Lipinski definition) is 3. The van der Waals surface area contributed by atoms with Crippen LogP contribution in [0, 0.1) is 0 Å². The molecule has 0 aliphatic carbocycles. The second kappa shape index (κ2) is 7.10. The molecule has 4 nitrogen and oxygen atoms in total. The number of carbonyl (C=O) groups is 1. The Morgan fingerprint density at radius 1 is 0.917 bits per heavy atom. The SMILES string of the molecule is O=C(Cc1ccccc1)NC(=S)Nc1cccc2c(O)cccc12. The van der Waals surface area contributed by atoms with Gasteiger partial charge >= 0.3 is 0 Å². The standard InChI is InChI=1S/C19H16N2O2S/c22-17-11-5-8-14-15(17)9-4-10-16(14)20-19(24)21-18(23)12-13-6-2-1-3-7-13/h1-11,22H,12H2,(H2,20,21,23,24). The lowest BCUT2D eigenvalue weighted by molar-refractivity contribution is -0.119. The van der Waals surface area contributed by atoms with Crippen LogP contribution in [0.3, 0.4) is 0 Å². The lowest BCUT2D eigenvalue weighted by Gasteiger charge is -2.12. The largest absolute Gasteiger partial charge is 0.507 e. The van der Waals surface area contributed by atoms with Crippen molar-refractivity contribution in [3.05, 3.63) is 72.3 Å². The molecule has 0 aromatic heterocycles. The molecule has 0 aliphatic heterocycles. The number of phenols is 1. The molecule has 0 atom stereocenters. The summed E-state index contributed by atoms with van der Waals surface area (Å²) in [5.41, 5.74) is 1.65. The van der Waals surface area contributed by atoms with Gasteiger partial charge in [0.25, 0.3) is 0 Å². The van der Waals surface area contributed by atoms with Crippen molar-refractivity contribution in [1.82, 2.24) is 5.32 Å². The second-order valence-corrected chi connectivity index (χ2v) is 5.75. The smallest absolute Gasteiger partial charge is 0.230 e. The van der Waals surface area contributed by atoms with Crippen LogP contribution in [-0.4, -0.2) is 16.1 Å². The van der Waals surface area contributed by atoms with Gasteiger partial charge < -0.3 is 15.7 Å². The molecular weight excluding hydrogens is 320 g/mol. The summed E-state index contributed by atoms with van der Waals surface area (Å²) in [7, 11) is 0. The summed E-state index contributed by atoms with van der Waals surface area (Å²) in [6.45, 7) is 0. The summed E-state index contributed by atoms with van der Waals surface area (Å²) in [6, 6.07) is 20.2. The zero-order valence-corrected chi connectivity index (χ0v) is 13.6. The molecule has 0 unspecified atom stereocenters. The molecule has 0 spiro atoms. The predicted octanol–water partition coefficient (Wildman–Crippen LogP) is 3.60. The first-order valence-electron chi connectivity index (χ1n) is 7.49. The van der Waals surface area contributed by atoms with Gasteiger partial charge in [0.05, 0.1) is 6.42 Å². The van der Waals surface area contributed by atoms with E-state index in [9.17, 15) is 9.90 Å². The van der Waals surface area contributed by atoms with Crippen molar-refractivity contribution in [2.45, 2.75) is 6.42 Å². The molecule has 0 saturated carbocycles. The number of amides is 1. The van der Waals surface area contributed by atoms with Gasteiger partial charge in [-0.1, -0.05) is 54.6 Å². The zero-order valence-electron chi connectivity index (χ0n) is 12.8. The average molecular weight is 336 g/mol. The number of carbonyl (C=O) groups excluding carboxylic acids is 1. The number of fused-ring (bicyclic) bond motifs is 1. The predicted molar refractivity (Wildman–Crippen MR) is 100 cm³/mol. The molecule has 0 radical (unpaired) electrons. The summed E-state index contributed by atoms with van der Waals surface area (Å²) < 4.78 is 0. The number of hydrogen-bond donors (Lipinski definition) is 3. The summed E-state index contributed by atoms with van der Waals surface area (Å²) in [6.07, 6.45) is 0.263. The molecule has 120 valence electrons. The molecule has 0 heterocycles. The van der Waals surface area contributed by atoms with Gasteiger partial charge in [0.2, 0.25) is 5.91 Å². The number of nitrogens with one attached hydrogen (secondary N) is 2. The van der Waals surface area contributed by atoms with E-state index in [-0.39, 0.29) is 23.2 Å². The maximum Gasteiger partial charge on any atom is 0.230 e. The van der Waals surface area contributed by atoms with E-state index in [1.54, 1.807) is 12.1 Å². The Morgan fingerprint density at radius 2 is 1.62 bits per heavy atom. The van der Waals surface area contributed by atoms with E-state index in [1.807, 2.05) is 54.6 Å². The quantitative estimate of drug-likeness (QED) is 0.640. The van der Waals surface area contributed by atoms with Gasteiger partial charge in [-0.25, -0.2) is 0 Å². The number of thiocarbonyl (C=S) groups is 1. The van der Waals surface area contributed by atoms with Crippen LogP contribution in [0.1, 0.15) is 5.56 Å². The fourth-order valence-corrected chi connectivity index (χ4v) is 2.73. The van der Waals surface area contributed by atoms with Crippen molar-refractivity contribution in [2.75, 3.05) is 5.32 Å². The summed E-state index contributed by atoms with van der Waals surface area (Å²) >= 11 is 5.22. The van der Waals surface area contributed by atoms with Crippen molar-refractivity contribution < 1.29 is 9.90 Å². The molecule has 0 saturated heterocycles. The van der Waals surface area contributed by atoms with Crippen LogP contribution in [0.15, 0.2) is 66.7 Å². The van der Waals surface area contributed by atoms with Crippen LogP contribution in [0.2, 0.25) is 0 Å². The van der Waals surface area contributed by atoms with Gasteiger partial charge in [-0.3, -0.25) is 4.79 Å². The van der Waals surface area contributed by atoms with Crippen molar-refractivity contribution >= 4 is 39.7 Å². The van der Waals surface area contributed by atoms with Gasteiger partial charge in [0.15, 0.2) is 5.11 Å². The summed E-state index contributed by atoms with van der Waals surface area (Å²) in [5, 5.41) is 17.4. The Kier molecular flexibility index (Phi) is 4.72. The number of rotatable bonds is 3. The van der Waals surface area contributed by atoms with Crippen LogP contribution >= 0.6 is 12.2 Å². The van der Waals surface area contributed by atoms with E-state index in [1.165, 1.54) is 0 Å². The highest BCUT2D eigenvalue weighted by Gasteiger charge is 2.08. The summed E-state index contributed by atoms with van der Waals surface area (Å²) in [5.74, 6) is 0.0250. The Labute approximate surface area is 145 Å². The van der Waals surface area contributed by atoms with Gasteiger partial charge in [0.1, 0.15) is 5.75 Å². The van der Waals surface area contributed by atoms with Crippen LogP contribution in [0.5, 0.6) is 5.75 Å². The maximum atomic E-state index is 12.1. The number of phenolic OH excluding ortho intramolecular Hbond substituents is 1. The fourth-order valence-electron chi connectivity index (χ4n) is 2.51. The molecule has 0 fully saturated rings. The van der Waals surface area contributed by atoms with Crippen LogP contribution in [0.25, 0.3) is 10.8 Å². The number of anilines is 1. The Hall–Kier alpha value is -2.92. The summed E-state index contributed by atoms with van der Waals surface area (Å²) in [4.78, 5) is 12.1. The Balaban J connectivity index is 1.69. The maximum absolute atomic E-state index is 12.1. The second-order valence-electron chi connectivity index (χ2n) is 5.34. The normalized spacial score (nSPS) is 10.3. The van der Waals surface area contributed by atoms with Crippen LogP contribution in [0.4, 0.5) is 5.69 Å². The highest BCUT2D eigenvalue weighted by molar-refractivity contribution is 7.80. The first kappa shape index (κ1) is 16.0. The highest BCUT2D eigenvalue weighted by Crippen LogP contribution is 2.29. The molecule has 3 rings (SSSR count). The topological polar surface area (TPSA) is 61.4 Å². The van der Waals surface area contributed by atoms with Crippen molar-refractivity contribution in [3.63, 3.8) is 0 Å². The molecular formula is C19H16N2O2S. The highest BCUT2D eigenvalue weighted by atomic mass is 32.1. The molecule has 3 aromatic rings. The lowest BCUT2D eigenvalue weighted by atomic mass is 10.1. The first-order valence-corrected chi connectivity index (χ1v) is 7.90. The molecule has 3 aromatic carbocycles. The lowest BCUT2D eigenvalue weighted by Crippen LogP contribution is -2.35. The molecule has 3 N–H and O–H groups in total. The van der Waals surface area contributed by atoms with E-state index in [0.29, 0.717) is 0 Å². The first-order chi connectivity index (χ1) is 11.6. The molecule has 0 bridgehead atoms. The molecule has 5 heteroatoms. The van der Waals surface area contributed by atoms with Crippen LogP contribution in [-0.2, 0) is 11.2 Å². The van der Waals surface area contributed by atoms with Gasteiger partial charge in [-0.05, 0) is 29.9 Å². The minimum atomic E-state index is -0.179. The minimum Gasteiger partial charge on any atom is -0.507 e. The van der Waals surface area contributed by atoms with Crippen molar-refractivity contribution in [1.29, 1.82) is 0 Å². The average Bonchev–Trinajstić information content (AvgIpc) is 2.56. The fraction of sp³-hybridized carbons (Fsp3) is 0.0526. The number of aromatic hydroxyl groups is 1. The van der Waals surface area contributed by atoms with Gasteiger partial charge in [0, 0.05) is 16.5 Å². The van der Waals surface area contributed by atoms with E-state index in [2.05, 4.69) is 10.6 Å². The Morgan fingerprint density at radius 3 is 2.42 bits per heavy atom. The van der Waals surface area contributed by atoms with E-state index >= 15 is 0 Å². The van der Waals surface area contributed by atoms with Crippen LogP contribution < -0.4 is 10.6 Å². The van der Waals surface area contributed by atoms with E-state index < -0.39 is 0 Å². The molecule has 0 aliphatic rings. The van der Waals surface area contributed by atoms with E-state index in [0.717, 1.165) is 22.0 Å². The van der Waals surface area contributed by atoms with Crippen molar-refractivity contribution in [3.8, 4) is 5.75 Å². The molecule has 1 amide bonds. The number of benzene rings is 3.